The largest absolute Gasteiger partial charge is 0.495 e. The van der Waals surface area contributed by atoms with Crippen molar-refractivity contribution in [2.45, 2.75) is 39.5 Å². The van der Waals surface area contributed by atoms with Crippen molar-refractivity contribution in [1.82, 2.24) is 4.90 Å². The molecule has 1 saturated heterocycles. The summed E-state index contributed by atoms with van der Waals surface area (Å²) in [5, 5.41) is 6.06. The molecule has 0 unspecified atom stereocenters. The van der Waals surface area contributed by atoms with Crippen LogP contribution in [0, 0.1) is 12.8 Å². The van der Waals surface area contributed by atoms with Gasteiger partial charge in [-0.25, -0.2) is 4.79 Å². The number of urea groups is 1. The zero-order valence-corrected chi connectivity index (χ0v) is 18.2. The third-order valence-corrected chi connectivity index (χ3v) is 5.68. The van der Waals surface area contributed by atoms with Crippen LogP contribution < -0.4 is 15.4 Å². The van der Waals surface area contributed by atoms with Gasteiger partial charge in [-0.3, -0.25) is 4.79 Å². The highest BCUT2D eigenvalue weighted by atomic mass is 16.5. The summed E-state index contributed by atoms with van der Waals surface area (Å²) in [4.78, 5) is 27.3. The fourth-order valence-corrected chi connectivity index (χ4v) is 3.86. The lowest BCUT2D eigenvalue weighted by Gasteiger charge is -2.32. The molecule has 1 heterocycles. The number of aryl methyl sites for hydroxylation is 1. The molecule has 3 rings (SSSR count). The predicted octanol–water partition coefficient (Wildman–Crippen LogP) is 5.01. The van der Waals surface area contributed by atoms with Crippen LogP contribution in [-0.4, -0.2) is 37.0 Å². The number of rotatable bonds is 5. The van der Waals surface area contributed by atoms with E-state index in [1.165, 1.54) is 0 Å². The van der Waals surface area contributed by atoms with E-state index in [4.69, 9.17) is 4.74 Å². The van der Waals surface area contributed by atoms with Crippen molar-refractivity contribution in [3.63, 3.8) is 0 Å². The molecule has 1 fully saturated rings. The Morgan fingerprint density at radius 2 is 1.73 bits per heavy atom. The van der Waals surface area contributed by atoms with E-state index in [0.29, 0.717) is 43.3 Å². The van der Waals surface area contributed by atoms with Gasteiger partial charge in [0.15, 0.2) is 0 Å². The zero-order valence-electron chi connectivity index (χ0n) is 18.2. The first-order valence-electron chi connectivity index (χ1n) is 10.5. The lowest BCUT2D eigenvalue weighted by Crippen LogP contribution is -2.43. The van der Waals surface area contributed by atoms with E-state index in [2.05, 4.69) is 30.5 Å². The number of anilines is 2. The number of hydrogen-bond acceptors (Lipinski definition) is 3. The van der Waals surface area contributed by atoms with Crippen molar-refractivity contribution in [2.24, 2.45) is 5.92 Å². The van der Waals surface area contributed by atoms with E-state index in [0.717, 1.165) is 16.8 Å². The molecule has 0 spiro atoms. The van der Waals surface area contributed by atoms with Crippen molar-refractivity contribution in [2.75, 3.05) is 30.8 Å². The van der Waals surface area contributed by atoms with E-state index >= 15 is 0 Å². The normalized spacial score (nSPS) is 14.5. The molecule has 1 aliphatic heterocycles. The van der Waals surface area contributed by atoms with Gasteiger partial charge in [0.2, 0.25) is 5.91 Å². The maximum absolute atomic E-state index is 12.8. The average molecular weight is 410 g/mol. The monoisotopic (exact) mass is 409 g/mol. The lowest BCUT2D eigenvalue weighted by atomic mass is 9.95. The van der Waals surface area contributed by atoms with Gasteiger partial charge in [-0.2, -0.15) is 0 Å². The summed E-state index contributed by atoms with van der Waals surface area (Å²) in [5.74, 6) is 0.815. The van der Waals surface area contributed by atoms with Crippen LogP contribution in [0.3, 0.4) is 0 Å². The molecule has 3 amide bonds. The highest BCUT2D eigenvalue weighted by Gasteiger charge is 2.28. The Kier molecular flexibility index (Phi) is 6.98. The number of benzene rings is 2. The number of carbonyl (C=O) groups is 2. The van der Waals surface area contributed by atoms with Gasteiger partial charge in [-0.05, 0) is 48.9 Å². The second-order valence-corrected chi connectivity index (χ2v) is 8.07. The number of carbonyl (C=O) groups excluding carboxylic acids is 2. The topological polar surface area (TPSA) is 70.7 Å². The molecule has 2 aromatic carbocycles. The Hall–Kier alpha value is -3.02. The molecular formula is C24H31N3O3. The van der Waals surface area contributed by atoms with Crippen LogP contribution in [0.2, 0.25) is 0 Å². The molecule has 160 valence electrons. The minimum atomic E-state index is -0.122. The van der Waals surface area contributed by atoms with Crippen molar-refractivity contribution in [3.8, 4) is 5.75 Å². The van der Waals surface area contributed by atoms with Gasteiger partial charge in [-0.15, -0.1) is 0 Å². The molecule has 2 N–H and O–H groups in total. The summed E-state index contributed by atoms with van der Waals surface area (Å²) in [6, 6.07) is 13.4. The van der Waals surface area contributed by atoms with Gasteiger partial charge in [0, 0.05) is 24.7 Å². The van der Waals surface area contributed by atoms with Gasteiger partial charge in [0.1, 0.15) is 5.75 Å². The summed E-state index contributed by atoms with van der Waals surface area (Å²) >= 11 is 0. The van der Waals surface area contributed by atoms with Crippen LogP contribution >= 0.6 is 0 Å². The van der Waals surface area contributed by atoms with E-state index in [1.807, 2.05) is 43.3 Å². The molecule has 0 aromatic heterocycles. The number of para-hydroxylation sites is 3. The number of piperidine rings is 1. The maximum atomic E-state index is 12.8. The predicted molar refractivity (Wildman–Crippen MR) is 120 cm³/mol. The summed E-state index contributed by atoms with van der Waals surface area (Å²) in [5.41, 5.74) is 3.76. The van der Waals surface area contributed by atoms with Gasteiger partial charge in [0.25, 0.3) is 0 Å². The van der Waals surface area contributed by atoms with Crippen LogP contribution in [0.5, 0.6) is 5.75 Å². The molecular weight excluding hydrogens is 378 g/mol. The molecule has 0 saturated carbocycles. The fourth-order valence-electron chi connectivity index (χ4n) is 3.86. The zero-order chi connectivity index (χ0) is 21.7. The third-order valence-electron chi connectivity index (χ3n) is 5.68. The summed E-state index contributed by atoms with van der Waals surface area (Å²) in [6.07, 6.45) is 1.28. The van der Waals surface area contributed by atoms with Crippen LogP contribution in [-0.2, 0) is 4.79 Å². The molecule has 0 bridgehead atoms. The Balaban J connectivity index is 1.58. The fraction of sp³-hybridized carbons (Fsp3) is 0.417. The van der Waals surface area contributed by atoms with Crippen LogP contribution in [0.4, 0.5) is 16.2 Å². The highest BCUT2D eigenvalue weighted by Crippen LogP contribution is 2.29. The number of amides is 3. The summed E-state index contributed by atoms with van der Waals surface area (Å²) < 4.78 is 5.30. The van der Waals surface area contributed by atoms with Crippen molar-refractivity contribution >= 4 is 23.3 Å². The third kappa shape index (κ3) is 4.93. The number of nitrogens with one attached hydrogen (secondary N) is 2. The van der Waals surface area contributed by atoms with Crippen molar-refractivity contribution < 1.29 is 14.3 Å². The Morgan fingerprint density at radius 1 is 1.03 bits per heavy atom. The van der Waals surface area contributed by atoms with Crippen molar-refractivity contribution in [1.29, 1.82) is 0 Å². The van der Waals surface area contributed by atoms with Gasteiger partial charge in [-0.1, -0.05) is 44.2 Å². The molecule has 0 aliphatic carbocycles. The Morgan fingerprint density at radius 3 is 2.40 bits per heavy atom. The molecule has 6 nitrogen and oxygen atoms in total. The number of nitrogens with zero attached hydrogens (tertiary/aromatic N) is 1. The molecule has 6 heteroatoms. The Labute approximate surface area is 178 Å². The minimum absolute atomic E-state index is 0.0273. The van der Waals surface area contributed by atoms with Gasteiger partial charge >= 0.3 is 6.03 Å². The number of ether oxygens (including phenoxy) is 1. The SMILES string of the molecule is COc1ccccc1NC(=O)C1CCN(C(=O)Nc2c(C)cccc2C(C)C)CC1. The van der Waals surface area contributed by atoms with E-state index in [9.17, 15) is 9.59 Å². The molecule has 30 heavy (non-hydrogen) atoms. The standard InChI is InChI=1S/C24H31N3O3/c1-16(2)19-9-7-8-17(3)22(19)26-24(29)27-14-12-18(13-15-27)23(28)25-20-10-5-6-11-21(20)30-4/h5-11,16,18H,12-15H2,1-4H3,(H,25,28)(H,26,29). The first-order valence-corrected chi connectivity index (χ1v) is 10.5. The van der Waals surface area contributed by atoms with E-state index < -0.39 is 0 Å². The van der Waals surface area contributed by atoms with Gasteiger partial charge in [0.05, 0.1) is 12.8 Å². The quantitative estimate of drug-likeness (QED) is 0.729. The summed E-state index contributed by atoms with van der Waals surface area (Å²) in [6.45, 7) is 7.36. The molecule has 1 aliphatic rings. The summed E-state index contributed by atoms with van der Waals surface area (Å²) in [7, 11) is 1.58. The first-order chi connectivity index (χ1) is 14.4. The molecule has 0 atom stereocenters. The molecule has 0 radical (unpaired) electrons. The van der Waals surface area contributed by atoms with E-state index in [1.54, 1.807) is 12.0 Å². The smallest absolute Gasteiger partial charge is 0.321 e. The van der Waals surface area contributed by atoms with E-state index in [-0.39, 0.29) is 17.9 Å². The van der Waals surface area contributed by atoms with Crippen molar-refractivity contribution in [3.05, 3.63) is 53.6 Å². The number of methoxy groups -OCH3 is 1. The second-order valence-electron chi connectivity index (χ2n) is 8.07. The van der Waals surface area contributed by atoms with Crippen LogP contribution in [0.25, 0.3) is 0 Å². The highest BCUT2D eigenvalue weighted by molar-refractivity contribution is 5.94. The second kappa shape index (κ2) is 9.65. The van der Waals surface area contributed by atoms with Crippen LogP contribution in [0.1, 0.15) is 43.7 Å². The minimum Gasteiger partial charge on any atom is -0.495 e. The first kappa shape index (κ1) is 21.7. The number of hydrogen-bond donors (Lipinski definition) is 2. The molecule has 2 aromatic rings. The number of likely N-dealkylation sites (tertiary alicyclic amines) is 1. The maximum Gasteiger partial charge on any atom is 0.321 e. The van der Waals surface area contributed by atoms with Crippen LogP contribution in [0.15, 0.2) is 42.5 Å². The average Bonchev–Trinajstić information content (AvgIpc) is 2.75. The Bertz CT molecular complexity index is 902. The van der Waals surface area contributed by atoms with Gasteiger partial charge < -0.3 is 20.3 Å². The lowest BCUT2D eigenvalue weighted by molar-refractivity contribution is -0.121.